The molecule has 1 nitrogen and oxygen atoms in total. The Morgan fingerprint density at radius 3 is 2.40 bits per heavy atom. The maximum absolute atomic E-state index is 6.39. The molecular weight excluding hydrogens is 62.1 g/mol. The zero-order valence-electron chi connectivity index (χ0n) is 4.23. The van der Waals surface area contributed by atoms with Crippen molar-refractivity contribution < 1.29 is 1.43 Å². The maximum Gasteiger partial charge on any atom is 1.00 e. The average Bonchev–Trinajstić information content (AvgIpc) is 1.41. The fourth-order valence-corrected chi connectivity index (χ4v) is 0.0962. The molecule has 1 N–H and O–H groups in total. The van der Waals surface area contributed by atoms with E-state index >= 15 is 0 Å². The summed E-state index contributed by atoms with van der Waals surface area (Å²) in [4.78, 5) is 0. The van der Waals surface area contributed by atoms with E-state index < -0.39 is 0 Å². The Bertz CT molecular complexity index is 49.5. The van der Waals surface area contributed by atoms with Gasteiger partial charge in [-0.3, -0.25) is 0 Å². The Labute approximate surface area is 33.3 Å². The summed E-state index contributed by atoms with van der Waals surface area (Å²) in [5.74, 6) is 0. The second-order valence-electron chi connectivity index (χ2n) is 0.692. The predicted octanol–water partition coefficient (Wildman–Crippen LogP) is 1.32. The van der Waals surface area contributed by atoms with Gasteiger partial charge in [0.25, 0.3) is 0 Å². The summed E-state index contributed by atoms with van der Waals surface area (Å²) in [6, 6.07) is 0. The van der Waals surface area contributed by atoms with Gasteiger partial charge in [-0.05, 0) is 13.0 Å². The van der Waals surface area contributed by atoms with Crippen molar-refractivity contribution in [1.29, 1.82) is 5.41 Å². The second-order valence-corrected chi connectivity index (χ2v) is 0.692. The first kappa shape index (κ1) is 4.41. The van der Waals surface area contributed by atoms with Gasteiger partial charge in [0.05, 0.1) is 0 Å². The number of nitrogens with one attached hydrogen (secondary N) is 1. The molecule has 0 heterocycles. The third kappa shape index (κ3) is 3.41. The van der Waals surface area contributed by atoms with E-state index in [2.05, 4.69) is 0 Å². The zero-order valence-corrected chi connectivity index (χ0v) is 3.23. The minimum absolute atomic E-state index is 0. The SMILES string of the molecule is C/C=C/C=N.[H+]. The van der Waals surface area contributed by atoms with Gasteiger partial charge < -0.3 is 5.41 Å². The summed E-state index contributed by atoms with van der Waals surface area (Å²) < 4.78 is 0. The minimum atomic E-state index is 0. The highest BCUT2D eigenvalue weighted by molar-refractivity contribution is 5.67. The first-order valence-electron chi connectivity index (χ1n) is 1.53. The molecule has 0 fully saturated rings. The van der Waals surface area contributed by atoms with Crippen LogP contribution in [0.2, 0.25) is 0 Å². The van der Waals surface area contributed by atoms with Crippen LogP contribution in [0.25, 0.3) is 0 Å². The summed E-state index contributed by atoms with van der Waals surface area (Å²) in [6.45, 7) is 1.88. The molecule has 5 heavy (non-hydrogen) atoms. The van der Waals surface area contributed by atoms with Crippen molar-refractivity contribution in [3.8, 4) is 0 Å². The van der Waals surface area contributed by atoms with Crippen LogP contribution in [0.4, 0.5) is 0 Å². The van der Waals surface area contributed by atoms with Crippen molar-refractivity contribution in [2.45, 2.75) is 6.92 Å². The van der Waals surface area contributed by atoms with Crippen molar-refractivity contribution in [3.63, 3.8) is 0 Å². The van der Waals surface area contributed by atoms with E-state index in [1.807, 2.05) is 13.0 Å². The molecule has 0 aromatic rings. The Balaban J connectivity index is 0. The van der Waals surface area contributed by atoms with Gasteiger partial charge in [0.2, 0.25) is 0 Å². The number of rotatable bonds is 1. The molecule has 0 saturated carbocycles. The van der Waals surface area contributed by atoms with Crippen LogP contribution in [0, 0.1) is 5.41 Å². The third-order valence-corrected chi connectivity index (χ3v) is 0.289. The molecule has 28 valence electrons. The minimum Gasteiger partial charge on any atom is -0.309 e. The van der Waals surface area contributed by atoms with E-state index in [0.717, 1.165) is 0 Å². The number of allylic oxidation sites excluding steroid dienone is 2. The second kappa shape index (κ2) is 3.41. The lowest BCUT2D eigenvalue weighted by Gasteiger charge is -1.54. The van der Waals surface area contributed by atoms with Gasteiger partial charge in [0, 0.05) is 6.21 Å². The van der Waals surface area contributed by atoms with E-state index in [4.69, 9.17) is 5.41 Å². The van der Waals surface area contributed by atoms with E-state index in [0.29, 0.717) is 0 Å². The summed E-state index contributed by atoms with van der Waals surface area (Å²) in [5, 5.41) is 6.39. The topological polar surface area (TPSA) is 23.9 Å². The molecule has 0 unspecified atom stereocenters. The van der Waals surface area contributed by atoms with Crippen LogP contribution in [0.15, 0.2) is 12.2 Å². The Kier molecular flexibility index (Phi) is 3.01. The van der Waals surface area contributed by atoms with Crippen molar-refractivity contribution in [3.05, 3.63) is 12.2 Å². The molecule has 0 aromatic carbocycles. The van der Waals surface area contributed by atoms with Gasteiger partial charge in [-0.25, -0.2) is 0 Å². The van der Waals surface area contributed by atoms with E-state index in [-0.39, 0.29) is 1.43 Å². The van der Waals surface area contributed by atoms with Crippen LogP contribution < -0.4 is 0 Å². The molecule has 0 rings (SSSR count). The third-order valence-electron chi connectivity index (χ3n) is 0.289. The highest BCUT2D eigenvalue weighted by Gasteiger charge is 1.43. The van der Waals surface area contributed by atoms with Crippen molar-refractivity contribution >= 4 is 6.21 Å². The summed E-state index contributed by atoms with van der Waals surface area (Å²) >= 11 is 0. The summed E-state index contributed by atoms with van der Waals surface area (Å²) in [6.07, 6.45) is 4.73. The predicted molar refractivity (Wildman–Crippen MR) is 24.7 cm³/mol. The lowest BCUT2D eigenvalue weighted by atomic mass is 10.6. The van der Waals surface area contributed by atoms with E-state index in [1.165, 1.54) is 6.21 Å². The maximum atomic E-state index is 6.39. The summed E-state index contributed by atoms with van der Waals surface area (Å²) in [7, 11) is 0. The summed E-state index contributed by atoms with van der Waals surface area (Å²) in [5.41, 5.74) is 0. The first-order chi connectivity index (χ1) is 2.41. The van der Waals surface area contributed by atoms with Crippen molar-refractivity contribution in [2.24, 2.45) is 0 Å². The van der Waals surface area contributed by atoms with Crippen LogP contribution in [-0.2, 0) is 0 Å². The highest BCUT2D eigenvalue weighted by Crippen LogP contribution is 1.55. The largest absolute Gasteiger partial charge is 1.00 e. The van der Waals surface area contributed by atoms with Gasteiger partial charge >= 0.3 is 1.43 Å². The van der Waals surface area contributed by atoms with E-state index in [1.54, 1.807) is 6.08 Å². The lowest BCUT2D eigenvalue weighted by molar-refractivity contribution is 1.57. The van der Waals surface area contributed by atoms with Crippen LogP contribution in [-0.4, -0.2) is 6.21 Å². The molecule has 0 spiro atoms. The fourth-order valence-electron chi connectivity index (χ4n) is 0.0962. The van der Waals surface area contributed by atoms with Gasteiger partial charge in [0.1, 0.15) is 0 Å². The fraction of sp³-hybridized carbons (Fsp3) is 0.250. The quantitative estimate of drug-likeness (QED) is 0.450. The normalized spacial score (nSPS) is 9.00. The molecule has 1 heteroatoms. The zero-order chi connectivity index (χ0) is 4.12. The van der Waals surface area contributed by atoms with Crippen LogP contribution in [0.3, 0.4) is 0 Å². The smallest absolute Gasteiger partial charge is 0.309 e. The molecule has 0 aliphatic carbocycles. The average molecular weight is 70.1 g/mol. The number of hydrogen-bond acceptors (Lipinski definition) is 1. The Morgan fingerprint density at radius 1 is 1.80 bits per heavy atom. The Hall–Kier alpha value is -0.590. The molecule has 0 radical (unpaired) electrons. The Morgan fingerprint density at radius 2 is 2.40 bits per heavy atom. The molecule has 0 bridgehead atoms. The first-order valence-corrected chi connectivity index (χ1v) is 1.53. The van der Waals surface area contributed by atoms with Crippen molar-refractivity contribution in [2.75, 3.05) is 0 Å². The van der Waals surface area contributed by atoms with Gasteiger partial charge in [0.15, 0.2) is 0 Å². The van der Waals surface area contributed by atoms with Gasteiger partial charge in [-0.1, -0.05) is 6.08 Å². The monoisotopic (exact) mass is 70.1 g/mol. The molecule has 0 aromatic heterocycles. The van der Waals surface area contributed by atoms with E-state index in [9.17, 15) is 0 Å². The highest BCUT2D eigenvalue weighted by atomic mass is 14.3. The standard InChI is InChI=1S/C4H7N/c1-2-3-4-5/h2-5H,1H3/p+1/b3-2+,5-4?. The molecule has 0 amide bonds. The number of hydrogen-bond donors (Lipinski definition) is 1. The molecule has 0 saturated heterocycles. The van der Waals surface area contributed by atoms with Crippen LogP contribution >= 0.6 is 0 Å². The molecular formula is C4H8N+. The van der Waals surface area contributed by atoms with Crippen molar-refractivity contribution in [1.82, 2.24) is 0 Å². The molecule has 0 aliphatic heterocycles. The van der Waals surface area contributed by atoms with Crippen LogP contribution in [0.1, 0.15) is 8.35 Å². The lowest BCUT2D eigenvalue weighted by Crippen LogP contribution is -1.48. The molecule has 0 aliphatic rings. The van der Waals surface area contributed by atoms with Gasteiger partial charge in [-0.2, -0.15) is 0 Å². The van der Waals surface area contributed by atoms with Gasteiger partial charge in [-0.15, -0.1) is 0 Å². The molecule has 0 atom stereocenters. The van der Waals surface area contributed by atoms with Crippen LogP contribution in [0.5, 0.6) is 0 Å².